The topological polar surface area (TPSA) is 55.7 Å². The SMILES string of the molecule is CC(C)c1ccc(Nc2cc(C(C)C)c(C#N)c3[nH]c4ccccc4[n+]23)cc1. The predicted octanol–water partition coefficient (Wildman–Crippen LogP) is 5.77. The van der Waals surface area contributed by atoms with E-state index >= 15 is 0 Å². The molecule has 2 aromatic carbocycles. The molecule has 140 valence electrons. The minimum absolute atomic E-state index is 0.245. The van der Waals surface area contributed by atoms with Crippen molar-refractivity contribution < 1.29 is 4.40 Å². The van der Waals surface area contributed by atoms with E-state index in [2.05, 4.69) is 84.9 Å². The fourth-order valence-corrected chi connectivity index (χ4v) is 3.69. The van der Waals surface area contributed by atoms with Gasteiger partial charge in [-0.05, 0) is 47.2 Å². The summed E-state index contributed by atoms with van der Waals surface area (Å²) in [5, 5.41) is 13.4. The lowest BCUT2D eigenvalue weighted by atomic mass is 9.99. The first kappa shape index (κ1) is 18.1. The number of benzene rings is 2. The zero-order chi connectivity index (χ0) is 19.8. The average Bonchev–Trinajstić information content (AvgIpc) is 3.07. The molecule has 4 heteroatoms. The number of rotatable bonds is 4. The highest BCUT2D eigenvalue weighted by molar-refractivity contribution is 5.78. The van der Waals surface area contributed by atoms with Crippen molar-refractivity contribution in [1.29, 1.82) is 5.26 Å². The van der Waals surface area contributed by atoms with E-state index in [-0.39, 0.29) is 5.92 Å². The third-order valence-corrected chi connectivity index (χ3v) is 5.26. The van der Waals surface area contributed by atoms with Gasteiger partial charge >= 0.3 is 0 Å². The van der Waals surface area contributed by atoms with Gasteiger partial charge in [-0.3, -0.25) is 10.3 Å². The van der Waals surface area contributed by atoms with E-state index in [1.807, 2.05) is 18.2 Å². The highest BCUT2D eigenvalue weighted by Gasteiger charge is 2.23. The highest BCUT2D eigenvalue weighted by Crippen LogP contribution is 2.28. The number of H-pyrrole nitrogens is 1. The Morgan fingerprint density at radius 3 is 2.32 bits per heavy atom. The van der Waals surface area contributed by atoms with E-state index in [9.17, 15) is 5.26 Å². The van der Waals surface area contributed by atoms with Gasteiger partial charge in [0.15, 0.2) is 0 Å². The number of fused-ring (bicyclic) bond motifs is 3. The maximum Gasteiger partial charge on any atom is 0.250 e. The molecule has 4 nitrogen and oxygen atoms in total. The molecular formula is C24H25N4+. The zero-order valence-electron chi connectivity index (χ0n) is 16.7. The summed E-state index contributed by atoms with van der Waals surface area (Å²) >= 11 is 0. The molecule has 0 amide bonds. The summed E-state index contributed by atoms with van der Waals surface area (Å²) in [6.07, 6.45) is 0. The Bertz CT molecular complexity index is 1190. The molecule has 0 saturated carbocycles. The van der Waals surface area contributed by atoms with E-state index in [1.54, 1.807) is 0 Å². The van der Waals surface area contributed by atoms with E-state index in [0.717, 1.165) is 33.7 Å². The molecule has 0 fully saturated rings. The molecule has 28 heavy (non-hydrogen) atoms. The molecule has 4 aromatic rings. The van der Waals surface area contributed by atoms with Crippen molar-refractivity contribution in [2.45, 2.75) is 39.5 Å². The largest absolute Gasteiger partial charge is 0.273 e. The fourth-order valence-electron chi connectivity index (χ4n) is 3.69. The van der Waals surface area contributed by atoms with Crippen molar-refractivity contribution in [2.75, 3.05) is 5.32 Å². The quantitative estimate of drug-likeness (QED) is 0.449. The van der Waals surface area contributed by atoms with Crippen LogP contribution in [0.15, 0.2) is 54.6 Å². The number of aromatic nitrogens is 2. The van der Waals surface area contributed by atoms with Crippen molar-refractivity contribution >= 4 is 28.2 Å². The van der Waals surface area contributed by atoms with Gasteiger partial charge in [0, 0.05) is 6.07 Å². The van der Waals surface area contributed by atoms with Gasteiger partial charge in [-0.1, -0.05) is 52.0 Å². The maximum atomic E-state index is 9.85. The van der Waals surface area contributed by atoms with Crippen LogP contribution in [0.1, 0.15) is 56.2 Å². The second kappa shape index (κ2) is 7.01. The number of nitrogens with one attached hydrogen (secondary N) is 2. The molecule has 0 radical (unpaired) electrons. The van der Waals surface area contributed by atoms with E-state index in [0.29, 0.717) is 11.5 Å². The standard InChI is InChI=1S/C24H24N4/c1-15(2)17-9-11-18(12-10-17)26-23-13-19(16(3)4)20(14-25)24-27-21-7-5-6-8-22(21)28(23)24/h5-13,15-16H,1-4H3,(H,26,27)/p+1. The Hall–Kier alpha value is -3.32. The van der Waals surface area contributed by atoms with Crippen LogP contribution in [0.5, 0.6) is 0 Å². The number of pyridine rings is 1. The minimum atomic E-state index is 0.245. The first-order chi connectivity index (χ1) is 13.5. The van der Waals surface area contributed by atoms with Crippen molar-refractivity contribution in [2.24, 2.45) is 0 Å². The molecule has 0 aliphatic rings. The number of para-hydroxylation sites is 2. The van der Waals surface area contributed by atoms with Gasteiger partial charge in [0.05, 0.1) is 5.69 Å². The zero-order valence-corrected chi connectivity index (χ0v) is 16.7. The van der Waals surface area contributed by atoms with Crippen LogP contribution in [-0.4, -0.2) is 4.98 Å². The molecule has 2 heterocycles. The van der Waals surface area contributed by atoms with E-state index in [1.165, 1.54) is 5.56 Å². The number of imidazole rings is 1. The highest BCUT2D eigenvalue weighted by atomic mass is 15.1. The maximum absolute atomic E-state index is 9.85. The summed E-state index contributed by atoms with van der Waals surface area (Å²) in [5.41, 5.74) is 6.98. The monoisotopic (exact) mass is 369 g/mol. The van der Waals surface area contributed by atoms with Gasteiger partial charge in [-0.25, -0.2) is 0 Å². The molecule has 0 bridgehead atoms. The number of aromatic amines is 1. The molecule has 0 aliphatic heterocycles. The Kier molecular flexibility index (Phi) is 4.52. The van der Waals surface area contributed by atoms with Crippen LogP contribution in [0.25, 0.3) is 16.7 Å². The number of hydrogen-bond acceptors (Lipinski definition) is 2. The fraction of sp³-hybridized carbons (Fsp3) is 0.250. The predicted molar refractivity (Wildman–Crippen MR) is 114 cm³/mol. The molecule has 2 N–H and O–H groups in total. The van der Waals surface area contributed by atoms with Crippen LogP contribution >= 0.6 is 0 Å². The van der Waals surface area contributed by atoms with Crippen molar-refractivity contribution in [3.05, 3.63) is 71.3 Å². The Morgan fingerprint density at radius 1 is 0.964 bits per heavy atom. The average molecular weight is 369 g/mol. The van der Waals surface area contributed by atoms with Crippen molar-refractivity contribution in [1.82, 2.24) is 4.98 Å². The summed E-state index contributed by atoms with van der Waals surface area (Å²) in [4.78, 5) is 3.44. The van der Waals surface area contributed by atoms with Crippen LogP contribution in [0.3, 0.4) is 0 Å². The van der Waals surface area contributed by atoms with E-state index < -0.39 is 0 Å². The van der Waals surface area contributed by atoms with E-state index in [4.69, 9.17) is 0 Å². The Balaban J connectivity index is 1.95. The molecule has 0 unspecified atom stereocenters. The number of hydrogen-bond donors (Lipinski definition) is 2. The lowest BCUT2D eigenvalue weighted by Gasteiger charge is -2.12. The van der Waals surface area contributed by atoms with Crippen LogP contribution in [0.4, 0.5) is 11.5 Å². The molecule has 2 aromatic heterocycles. The van der Waals surface area contributed by atoms with Gasteiger partial charge in [0.1, 0.15) is 22.7 Å². The number of anilines is 2. The molecule has 4 rings (SSSR count). The minimum Gasteiger partial charge on any atom is -0.273 e. The first-order valence-electron chi connectivity index (χ1n) is 9.76. The lowest BCUT2D eigenvalue weighted by molar-refractivity contribution is -0.464. The van der Waals surface area contributed by atoms with Crippen LogP contribution in [-0.2, 0) is 0 Å². The first-order valence-corrected chi connectivity index (χ1v) is 9.76. The van der Waals surface area contributed by atoms with Gasteiger partial charge in [0.2, 0.25) is 11.5 Å². The summed E-state index contributed by atoms with van der Waals surface area (Å²) in [5.74, 6) is 1.70. The second-order valence-electron chi connectivity index (χ2n) is 7.85. The van der Waals surface area contributed by atoms with Gasteiger partial charge < -0.3 is 0 Å². The summed E-state index contributed by atoms with van der Waals surface area (Å²) in [6, 6.07) is 21.2. The second-order valence-corrected chi connectivity index (χ2v) is 7.85. The number of nitrogens with zero attached hydrogens (tertiary/aromatic N) is 2. The lowest BCUT2D eigenvalue weighted by Crippen LogP contribution is -2.26. The third kappa shape index (κ3) is 2.99. The molecule has 0 spiro atoms. The molecule has 0 atom stereocenters. The van der Waals surface area contributed by atoms with Crippen LogP contribution < -0.4 is 9.72 Å². The van der Waals surface area contributed by atoms with Crippen LogP contribution in [0, 0.1) is 11.3 Å². The molecule has 0 saturated heterocycles. The van der Waals surface area contributed by atoms with Gasteiger partial charge in [0.25, 0.3) is 0 Å². The summed E-state index contributed by atoms with van der Waals surface area (Å²) in [6.45, 7) is 8.64. The molecule has 0 aliphatic carbocycles. The third-order valence-electron chi connectivity index (χ3n) is 5.26. The number of nitriles is 1. The van der Waals surface area contributed by atoms with Gasteiger partial charge in [-0.2, -0.15) is 9.66 Å². The Morgan fingerprint density at radius 2 is 1.68 bits per heavy atom. The molecular weight excluding hydrogens is 344 g/mol. The normalized spacial score (nSPS) is 11.5. The van der Waals surface area contributed by atoms with Crippen molar-refractivity contribution in [3.8, 4) is 6.07 Å². The van der Waals surface area contributed by atoms with Gasteiger partial charge in [-0.15, -0.1) is 0 Å². The summed E-state index contributed by atoms with van der Waals surface area (Å²) < 4.78 is 2.11. The smallest absolute Gasteiger partial charge is 0.250 e. The van der Waals surface area contributed by atoms with Crippen molar-refractivity contribution in [3.63, 3.8) is 0 Å². The Labute approximate surface area is 165 Å². The summed E-state index contributed by atoms with van der Waals surface area (Å²) in [7, 11) is 0. The van der Waals surface area contributed by atoms with Crippen LogP contribution in [0.2, 0.25) is 0 Å².